The maximum Gasteiger partial charge on any atom is 0.335 e. The van der Waals surface area contributed by atoms with Crippen LogP contribution in [-0.4, -0.2) is 189 Å². The molecule has 2 unspecified atom stereocenters. The van der Waals surface area contributed by atoms with Gasteiger partial charge in [0, 0.05) is 61.0 Å². The van der Waals surface area contributed by atoms with Crippen LogP contribution in [0.5, 0.6) is 0 Å². The standard InChI is InChI=1S/C47H65N3O22S4/c1-46(16-5-31-73(54,55)56)37-33-35(75(60,61)62)9-11-39(37)48(18-21-66-3)41(46)7-4-8-42-47(2,17-6-32-74(57,58)59)38-34-36(76(63,64)65)10-12-40(38)49(42)19-22-68-24-26-70-28-30-71-29-27-69-25-23-67-20-15-45(53)72-50-43(51)13-14-44(50)52/h4,7-12,33-34H,5-6,13-32H2,1-3H3,(H3-,54,55,56,57,58,59,60,61,62,63,64,65)/p+1. The van der Waals surface area contributed by atoms with E-state index in [0.29, 0.717) is 39.0 Å². The van der Waals surface area contributed by atoms with Crippen LogP contribution in [0.1, 0.15) is 69.9 Å². The lowest BCUT2D eigenvalue weighted by Gasteiger charge is -2.30. The van der Waals surface area contributed by atoms with E-state index >= 15 is 0 Å². The number of amides is 2. The summed E-state index contributed by atoms with van der Waals surface area (Å²) in [7, 11) is -16.7. The summed E-state index contributed by atoms with van der Waals surface area (Å²) < 4.78 is 172. The fourth-order valence-electron chi connectivity index (χ4n) is 9.12. The van der Waals surface area contributed by atoms with E-state index in [1.54, 1.807) is 32.1 Å². The van der Waals surface area contributed by atoms with Crippen LogP contribution in [-0.2, 0) is 98.9 Å². The molecule has 2 aromatic rings. The lowest BCUT2D eigenvalue weighted by molar-refractivity contribution is -0.442. The van der Waals surface area contributed by atoms with Gasteiger partial charge >= 0.3 is 5.97 Å². The number of anilines is 1. The Morgan fingerprint density at radius 3 is 1.66 bits per heavy atom. The molecule has 0 aliphatic carbocycles. The van der Waals surface area contributed by atoms with Gasteiger partial charge in [-0.15, -0.1) is 5.06 Å². The zero-order chi connectivity index (χ0) is 56.0. The third kappa shape index (κ3) is 17.5. The zero-order valence-corrected chi connectivity index (χ0v) is 45.6. The average molecular weight is 1150 g/mol. The van der Waals surface area contributed by atoms with E-state index in [4.69, 9.17) is 33.3 Å². The Labute approximate surface area is 442 Å². The fourth-order valence-corrected chi connectivity index (χ4v) is 11.2. The Morgan fingerprint density at radius 1 is 0.658 bits per heavy atom. The molecule has 2 aromatic carbocycles. The first-order valence-corrected chi connectivity index (χ1v) is 30.2. The topological polar surface area (TPSA) is 343 Å². The molecular weight excluding hydrogens is 1090 g/mol. The number of allylic oxidation sites excluding steroid dienone is 4. The van der Waals surface area contributed by atoms with Crippen LogP contribution >= 0.6 is 0 Å². The van der Waals surface area contributed by atoms with E-state index in [-0.39, 0.29) is 131 Å². The Balaban J connectivity index is 1.27. The van der Waals surface area contributed by atoms with Crippen molar-refractivity contribution in [1.82, 2.24) is 5.06 Å². The molecule has 76 heavy (non-hydrogen) atoms. The number of hydrogen-bond acceptors (Lipinski definition) is 19. The summed E-state index contributed by atoms with van der Waals surface area (Å²) in [6, 6.07) is 8.10. The number of fused-ring (bicyclic) bond motifs is 2. The first-order valence-electron chi connectivity index (χ1n) is 24.1. The summed E-state index contributed by atoms with van der Waals surface area (Å²) in [4.78, 5) is 40.7. The van der Waals surface area contributed by atoms with Gasteiger partial charge in [0.25, 0.3) is 52.3 Å². The number of hydroxylamine groups is 2. The van der Waals surface area contributed by atoms with E-state index in [1.807, 2.05) is 9.48 Å². The molecule has 1 fully saturated rings. The molecule has 25 nitrogen and oxygen atoms in total. The molecule has 3 aliphatic rings. The molecule has 0 aromatic heterocycles. The summed E-state index contributed by atoms with van der Waals surface area (Å²) in [6.07, 6.45) is 5.01. The van der Waals surface area contributed by atoms with Gasteiger partial charge in [0.05, 0.1) is 99.2 Å². The number of methoxy groups -OCH3 is 1. The highest BCUT2D eigenvalue weighted by Crippen LogP contribution is 2.51. The molecule has 1 saturated heterocycles. The lowest BCUT2D eigenvalue weighted by Crippen LogP contribution is -2.33. The molecule has 5 rings (SSSR count). The molecule has 424 valence electrons. The van der Waals surface area contributed by atoms with Crippen molar-refractivity contribution < 1.29 is 104 Å². The minimum Gasteiger partial charge on any atom is -0.383 e. The number of nitrogens with zero attached hydrogens (tertiary/aromatic N) is 3. The van der Waals surface area contributed by atoms with Gasteiger partial charge in [-0.2, -0.15) is 38.2 Å². The number of rotatable bonds is 34. The van der Waals surface area contributed by atoms with Gasteiger partial charge in [-0.3, -0.25) is 27.8 Å². The molecule has 2 atom stereocenters. The molecule has 3 heterocycles. The normalized spacial score (nSPS) is 19.7. The number of ether oxygens (including phenoxy) is 6. The number of imide groups is 1. The van der Waals surface area contributed by atoms with Crippen LogP contribution in [0.15, 0.2) is 70.1 Å². The van der Waals surface area contributed by atoms with Gasteiger partial charge in [-0.1, -0.05) is 6.08 Å². The van der Waals surface area contributed by atoms with E-state index in [9.17, 15) is 66.3 Å². The van der Waals surface area contributed by atoms with Gasteiger partial charge in [-0.25, -0.2) is 4.79 Å². The van der Waals surface area contributed by atoms with Crippen LogP contribution in [0.2, 0.25) is 0 Å². The van der Waals surface area contributed by atoms with Crippen LogP contribution < -0.4 is 4.90 Å². The van der Waals surface area contributed by atoms with E-state index in [2.05, 4.69) is 0 Å². The van der Waals surface area contributed by atoms with Gasteiger partial charge in [-0.05, 0) is 81.5 Å². The SMILES string of the molecule is COCCN1C(=CC=CC2=[N+](CCOCCOCCOCCOCCOCCC(=O)ON3C(=O)CCC3=O)c3ccc(S(=O)(=O)O)cc3C2(C)CCCS(=O)(=O)O)C(C)(CCCS(=O)(=O)O)c2cc(S(=O)(=O)O)ccc21. The Bertz CT molecular complexity index is 2950. The van der Waals surface area contributed by atoms with Crippen molar-refractivity contribution >= 4 is 75.3 Å². The molecule has 0 radical (unpaired) electrons. The smallest absolute Gasteiger partial charge is 0.335 e. The molecule has 3 aliphatic heterocycles. The molecule has 0 saturated carbocycles. The van der Waals surface area contributed by atoms with Crippen molar-refractivity contribution in [3.63, 3.8) is 0 Å². The quantitative estimate of drug-likeness (QED) is 0.0339. The maximum absolute atomic E-state index is 12.5. The lowest BCUT2D eigenvalue weighted by atomic mass is 9.75. The van der Waals surface area contributed by atoms with E-state index in [1.165, 1.54) is 43.5 Å². The monoisotopic (exact) mass is 1150 g/mol. The van der Waals surface area contributed by atoms with E-state index < -0.39 is 90.4 Å². The third-order valence-corrected chi connectivity index (χ3v) is 16.1. The number of benzene rings is 2. The summed E-state index contributed by atoms with van der Waals surface area (Å²) in [5.41, 5.74) is 0.732. The van der Waals surface area contributed by atoms with Gasteiger partial charge < -0.3 is 38.2 Å². The first kappa shape index (κ1) is 62.2. The van der Waals surface area contributed by atoms with Crippen LogP contribution in [0.25, 0.3) is 0 Å². The van der Waals surface area contributed by atoms with Crippen molar-refractivity contribution in [3.05, 3.63) is 71.5 Å². The predicted octanol–water partition coefficient (Wildman–Crippen LogP) is 2.82. The number of carbonyl (C=O) groups excluding carboxylic acids is 3. The summed E-state index contributed by atoms with van der Waals surface area (Å²) in [5, 5.41) is 0.476. The Morgan fingerprint density at radius 2 is 1.14 bits per heavy atom. The summed E-state index contributed by atoms with van der Waals surface area (Å²) >= 11 is 0. The highest BCUT2D eigenvalue weighted by atomic mass is 32.2. The predicted molar refractivity (Wildman–Crippen MR) is 271 cm³/mol. The molecular formula is C47H66N3O22S4+. The number of carbonyl (C=O) groups is 3. The first-order chi connectivity index (χ1) is 35.7. The van der Waals surface area contributed by atoms with Crippen LogP contribution in [0.3, 0.4) is 0 Å². The second-order valence-corrected chi connectivity index (χ2v) is 24.2. The van der Waals surface area contributed by atoms with Crippen molar-refractivity contribution in [2.45, 2.75) is 79.4 Å². The second kappa shape index (κ2) is 27.3. The average Bonchev–Trinajstić information content (AvgIpc) is 3.87. The third-order valence-electron chi connectivity index (χ3n) is 12.8. The Kier molecular flexibility index (Phi) is 22.4. The van der Waals surface area contributed by atoms with Gasteiger partial charge in [0.15, 0.2) is 12.3 Å². The molecule has 4 N–H and O–H groups in total. The fraction of sp³-hybridized carbons (Fsp3) is 0.574. The summed E-state index contributed by atoms with van der Waals surface area (Å²) in [6.45, 7) is 6.03. The van der Waals surface area contributed by atoms with Crippen LogP contribution in [0.4, 0.5) is 11.4 Å². The van der Waals surface area contributed by atoms with Crippen molar-refractivity contribution in [3.8, 4) is 0 Å². The second-order valence-electron chi connectivity index (χ2n) is 18.2. The zero-order valence-electron chi connectivity index (χ0n) is 42.4. The highest BCUT2D eigenvalue weighted by molar-refractivity contribution is 7.86. The molecule has 0 spiro atoms. The highest BCUT2D eigenvalue weighted by Gasteiger charge is 2.49. The van der Waals surface area contributed by atoms with Crippen LogP contribution in [0, 0.1) is 0 Å². The van der Waals surface area contributed by atoms with Crippen molar-refractivity contribution in [2.75, 3.05) is 109 Å². The van der Waals surface area contributed by atoms with E-state index in [0.717, 1.165) is 0 Å². The number of hydrogen-bond donors (Lipinski definition) is 4. The molecule has 29 heteroatoms. The van der Waals surface area contributed by atoms with Crippen molar-refractivity contribution in [2.24, 2.45) is 0 Å². The minimum absolute atomic E-state index is 0.00269. The Hall–Kier alpha value is -4.60. The molecule has 0 bridgehead atoms. The molecule has 2 amide bonds. The van der Waals surface area contributed by atoms with Crippen molar-refractivity contribution in [1.29, 1.82) is 0 Å². The van der Waals surface area contributed by atoms with Gasteiger partial charge in [0.1, 0.15) is 6.61 Å². The largest absolute Gasteiger partial charge is 0.383 e. The minimum atomic E-state index is -4.71. The maximum atomic E-state index is 12.5. The van der Waals surface area contributed by atoms with Gasteiger partial charge in [0.2, 0.25) is 5.69 Å². The summed E-state index contributed by atoms with van der Waals surface area (Å²) in [5.74, 6) is -3.11.